The molecule has 0 radical (unpaired) electrons. The minimum atomic E-state index is 0.862. The van der Waals surface area contributed by atoms with Crippen molar-refractivity contribution in [2.75, 3.05) is 13.1 Å². The second kappa shape index (κ2) is 4.23. The van der Waals surface area contributed by atoms with Crippen molar-refractivity contribution in [2.24, 2.45) is 17.8 Å². The molecular formula is C15H21N3. The smallest absolute Gasteiger partial charge is 0.0535 e. The van der Waals surface area contributed by atoms with Crippen LogP contribution in [0.4, 0.5) is 0 Å². The molecular weight excluding hydrogens is 222 g/mol. The summed E-state index contributed by atoms with van der Waals surface area (Å²) in [5, 5.41) is 7.28. The average Bonchev–Trinajstić information content (AvgIpc) is 2.87. The van der Waals surface area contributed by atoms with Crippen LogP contribution in [0.3, 0.4) is 0 Å². The lowest BCUT2D eigenvalue weighted by Crippen LogP contribution is -2.39. The van der Waals surface area contributed by atoms with E-state index in [9.17, 15) is 0 Å². The van der Waals surface area contributed by atoms with Gasteiger partial charge in [-0.3, -0.25) is 10.00 Å². The van der Waals surface area contributed by atoms with E-state index in [1.165, 1.54) is 43.6 Å². The summed E-state index contributed by atoms with van der Waals surface area (Å²) >= 11 is 0. The zero-order valence-corrected chi connectivity index (χ0v) is 10.8. The van der Waals surface area contributed by atoms with Crippen molar-refractivity contribution in [3.8, 4) is 0 Å². The Labute approximate surface area is 108 Å². The van der Waals surface area contributed by atoms with Crippen LogP contribution in [0.2, 0.25) is 0 Å². The fourth-order valence-corrected chi connectivity index (χ4v) is 4.03. The molecule has 0 unspecified atom stereocenters. The predicted molar refractivity (Wildman–Crippen MR) is 71.0 cm³/mol. The van der Waals surface area contributed by atoms with Gasteiger partial charge in [0.25, 0.3) is 0 Å². The van der Waals surface area contributed by atoms with E-state index < -0.39 is 0 Å². The molecule has 3 heteroatoms. The third-order valence-corrected chi connectivity index (χ3v) is 5.08. The van der Waals surface area contributed by atoms with Crippen LogP contribution in [0.1, 0.15) is 30.5 Å². The Morgan fingerprint density at radius 3 is 3.11 bits per heavy atom. The van der Waals surface area contributed by atoms with Gasteiger partial charge in [0.05, 0.1) is 6.20 Å². The van der Waals surface area contributed by atoms with Gasteiger partial charge < -0.3 is 0 Å². The van der Waals surface area contributed by atoms with Crippen LogP contribution in [-0.2, 0) is 13.0 Å². The van der Waals surface area contributed by atoms with Gasteiger partial charge in [-0.25, -0.2) is 0 Å². The molecule has 0 saturated heterocycles. The SMILES string of the molecule is C1=C[C@H]2CC[C@@H]1C[C@H]2CN1CCc2[nH]ncc2C1. The predicted octanol–water partition coefficient (Wildman–Crippen LogP) is 2.37. The third-order valence-electron chi connectivity index (χ3n) is 5.08. The van der Waals surface area contributed by atoms with Crippen LogP contribution in [-0.4, -0.2) is 28.2 Å². The van der Waals surface area contributed by atoms with E-state index in [1.807, 2.05) is 6.20 Å². The lowest BCUT2D eigenvalue weighted by Gasteiger charge is -2.41. The van der Waals surface area contributed by atoms with Crippen molar-refractivity contribution in [3.05, 3.63) is 29.6 Å². The van der Waals surface area contributed by atoms with Crippen LogP contribution < -0.4 is 0 Å². The average molecular weight is 243 g/mol. The van der Waals surface area contributed by atoms with E-state index in [2.05, 4.69) is 27.2 Å². The Balaban J connectivity index is 1.43. The fourth-order valence-electron chi connectivity index (χ4n) is 4.03. The van der Waals surface area contributed by atoms with Crippen LogP contribution >= 0.6 is 0 Å². The number of hydrogen-bond donors (Lipinski definition) is 1. The van der Waals surface area contributed by atoms with Crippen LogP contribution in [0.5, 0.6) is 0 Å². The molecule has 3 aliphatic carbocycles. The summed E-state index contributed by atoms with van der Waals surface area (Å²) < 4.78 is 0. The molecule has 1 aromatic rings. The van der Waals surface area contributed by atoms with Gasteiger partial charge in [0.15, 0.2) is 0 Å². The molecule has 18 heavy (non-hydrogen) atoms. The molecule has 0 amide bonds. The molecule has 3 nitrogen and oxygen atoms in total. The summed E-state index contributed by atoms with van der Waals surface area (Å²) in [6.07, 6.45) is 12.4. The molecule has 4 aliphatic rings. The second-order valence-electron chi connectivity index (χ2n) is 6.24. The van der Waals surface area contributed by atoms with Crippen molar-refractivity contribution in [3.63, 3.8) is 0 Å². The maximum atomic E-state index is 4.16. The van der Waals surface area contributed by atoms with Gasteiger partial charge in [-0.1, -0.05) is 12.2 Å². The number of aromatic amines is 1. The van der Waals surface area contributed by atoms with E-state index in [4.69, 9.17) is 0 Å². The Kier molecular flexibility index (Phi) is 2.54. The summed E-state index contributed by atoms with van der Waals surface area (Å²) in [5.74, 6) is 2.65. The standard InChI is InChI=1S/C15H21N3/c1-3-12-4-2-11(1)7-13(12)9-18-6-5-15-14(10-18)8-16-17-15/h1,3,8,11-13H,2,4-7,9-10H2,(H,16,17)/t11-,12+,13+/m1/s1. The summed E-state index contributed by atoms with van der Waals surface area (Å²) in [6, 6.07) is 0. The number of H-pyrrole nitrogens is 1. The molecule has 1 aromatic heterocycles. The van der Waals surface area contributed by atoms with Gasteiger partial charge in [0, 0.05) is 37.3 Å². The molecule has 1 N–H and O–H groups in total. The maximum Gasteiger partial charge on any atom is 0.0535 e. The Bertz CT molecular complexity index is 462. The number of allylic oxidation sites excluding steroid dienone is 2. The van der Waals surface area contributed by atoms with Crippen molar-refractivity contribution >= 4 is 0 Å². The van der Waals surface area contributed by atoms with E-state index in [1.54, 1.807) is 0 Å². The first kappa shape index (κ1) is 10.8. The maximum absolute atomic E-state index is 4.16. The largest absolute Gasteiger partial charge is 0.298 e. The number of fused-ring (bicyclic) bond motifs is 3. The highest BCUT2D eigenvalue weighted by molar-refractivity contribution is 5.19. The van der Waals surface area contributed by atoms with Gasteiger partial charge in [0.1, 0.15) is 0 Å². The van der Waals surface area contributed by atoms with E-state index >= 15 is 0 Å². The number of aromatic nitrogens is 2. The Hall–Kier alpha value is -1.09. The molecule has 5 rings (SSSR count). The minimum Gasteiger partial charge on any atom is -0.298 e. The van der Waals surface area contributed by atoms with E-state index in [0.717, 1.165) is 30.7 Å². The molecule has 96 valence electrons. The zero-order chi connectivity index (χ0) is 11.9. The van der Waals surface area contributed by atoms with Gasteiger partial charge in [-0.2, -0.15) is 5.10 Å². The summed E-state index contributed by atoms with van der Waals surface area (Å²) in [7, 11) is 0. The van der Waals surface area contributed by atoms with Gasteiger partial charge >= 0.3 is 0 Å². The molecule has 0 spiro atoms. The molecule has 1 saturated carbocycles. The lowest BCUT2D eigenvalue weighted by atomic mass is 9.69. The Morgan fingerprint density at radius 1 is 1.33 bits per heavy atom. The number of rotatable bonds is 2. The molecule has 1 fully saturated rings. The van der Waals surface area contributed by atoms with Crippen molar-refractivity contribution in [1.82, 2.24) is 15.1 Å². The summed E-state index contributed by atoms with van der Waals surface area (Å²) in [6.45, 7) is 3.59. The molecule has 2 heterocycles. The number of nitrogens with zero attached hydrogens (tertiary/aromatic N) is 2. The first-order valence-electron chi connectivity index (χ1n) is 7.30. The molecule has 3 atom stereocenters. The Morgan fingerprint density at radius 2 is 2.33 bits per heavy atom. The normalized spacial score (nSPS) is 34.8. The highest BCUT2D eigenvalue weighted by Crippen LogP contribution is 2.40. The monoisotopic (exact) mass is 243 g/mol. The van der Waals surface area contributed by atoms with Crippen LogP contribution in [0.15, 0.2) is 18.3 Å². The third kappa shape index (κ3) is 1.81. The highest BCUT2D eigenvalue weighted by Gasteiger charge is 2.33. The van der Waals surface area contributed by atoms with Crippen molar-refractivity contribution in [1.29, 1.82) is 0 Å². The first-order valence-corrected chi connectivity index (χ1v) is 7.30. The first-order chi connectivity index (χ1) is 8.88. The van der Waals surface area contributed by atoms with Crippen LogP contribution in [0.25, 0.3) is 0 Å². The fraction of sp³-hybridized carbons (Fsp3) is 0.667. The highest BCUT2D eigenvalue weighted by atomic mass is 15.2. The number of nitrogens with one attached hydrogen (secondary N) is 1. The van der Waals surface area contributed by atoms with Crippen molar-refractivity contribution < 1.29 is 0 Å². The van der Waals surface area contributed by atoms with E-state index in [0.29, 0.717) is 0 Å². The summed E-state index contributed by atoms with van der Waals surface area (Å²) in [5.41, 5.74) is 2.77. The quantitative estimate of drug-likeness (QED) is 0.809. The van der Waals surface area contributed by atoms with Crippen molar-refractivity contribution in [2.45, 2.75) is 32.2 Å². The van der Waals surface area contributed by atoms with E-state index in [-0.39, 0.29) is 0 Å². The second-order valence-corrected chi connectivity index (χ2v) is 6.24. The number of hydrogen-bond acceptors (Lipinski definition) is 2. The molecule has 1 aliphatic heterocycles. The van der Waals surface area contributed by atoms with Gasteiger partial charge in [0.2, 0.25) is 0 Å². The van der Waals surface area contributed by atoms with Crippen LogP contribution in [0, 0.1) is 17.8 Å². The zero-order valence-electron chi connectivity index (χ0n) is 10.8. The van der Waals surface area contributed by atoms with Gasteiger partial charge in [-0.05, 0) is 37.0 Å². The van der Waals surface area contributed by atoms with Gasteiger partial charge in [-0.15, -0.1) is 0 Å². The topological polar surface area (TPSA) is 31.9 Å². The summed E-state index contributed by atoms with van der Waals surface area (Å²) in [4.78, 5) is 2.64. The molecule has 0 aromatic carbocycles. The molecule has 2 bridgehead atoms. The lowest BCUT2D eigenvalue weighted by molar-refractivity contribution is 0.136. The minimum absolute atomic E-state index is 0.862.